The van der Waals surface area contributed by atoms with Crippen LogP contribution in [0.5, 0.6) is 5.75 Å². The summed E-state index contributed by atoms with van der Waals surface area (Å²) in [4.78, 5) is 10.0. The molecule has 0 amide bonds. The van der Waals surface area contributed by atoms with Gasteiger partial charge in [0.15, 0.2) is 11.6 Å². The molecular weight excluding hydrogens is 239 g/mol. The van der Waals surface area contributed by atoms with Crippen molar-refractivity contribution in [3.8, 4) is 5.75 Å². The van der Waals surface area contributed by atoms with Crippen LogP contribution < -0.4 is 10.1 Å². The van der Waals surface area contributed by atoms with E-state index in [1.165, 1.54) is 19.6 Å². The summed E-state index contributed by atoms with van der Waals surface area (Å²) < 4.78 is 18.6. The Hall–Kier alpha value is -1.85. The van der Waals surface area contributed by atoms with Gasteiger partial charge in [-0.25, -0.2) is 4.39 Å². The van der Waals surface area contributed by atoms with E-state index >= 15 is 0 Å². The van der Waals surface area contributed by atoms with Crippen LogP contribution in [0.15, 0.2) is 12.1 Å². The molecule has 6 heteroatoms. The second kappa shape index (κ2) is 5.20. The molecule has 1 fully saturated rings. The van der Waals surface area contributed by atoms with Crippen molar-refractivity contribution in [1.82, 2.24) is 0 Å². The summed E-state index contributed by atoms with van der Waals surface area (Å²) in [5.41, 5.74) is -0.103. The summed E-state index contributed by atoms with van der Waals surface area (Å²) in [6.45, 7) is 0.692. The van der Waals surface area contributed by atoms with Crippen molar-refractivity contribution < 1.29 is 14.1 Å². The van der Waals surface area contributed by atoms with Gasteiger partial charge in [0.25, 0.3) is 0 Å². The Labute approximate surface area is 104 Å². The van der Waals surface area contributed by atoms with Gasteiger partial charge in [-0.2, -0.15) is 0 Å². The van der Waals surface area contributed by atoms with E-state index in [9.17, 15) is 14.5 Å². The van der Waals surface area contributed by atoms with Crippen molar-refractivity contribution in [3.05, 3.63) is 28.1 Å². The molecule has 0 radical (unpaired) electrons. The zero-order valence-electron chi connectivity index (χ0n) is 10.1. The Morgan fingerprint density at radius 3 is 2.78 bits per heavy atom. The van der Waals surface area contributed by atoms with Crippen molar-refractivity contribution in [2.45, 2.75) is 19.3 Å². The highest BCUT2D eigenvalue weighted by Crippen LogP contribution is 2.33. The largest absolute Gasteiger partial charge is 0.490 e. The summed E-state index contributed by atoms with van der Waals surface area (Å²) in [7, 11) is 1.33. The lowest BCUT2D eigenvalue weighted by Gasteiger charge is -2.26. The van der Waals surface area contributed by atoms with Crippen LogP contribution in [0.4, 0.5) is 15.8 Å². The number of nitro benzene ring substituents is 1. The molecule has 1 aromatic rings. The number of nitrogens with zero attached hydrogens (tertiary/aromatic N) is 1. The fourth-order valence-corrected chi connectivity index (χ4v) is 1.94. The predicted octanol–water partition coefficient (Wildman–Crippen LogP) is 2.95. The number of ether oxygens (including phenoxy) is 1. The average Bonchev–Trinajstić information content (AvgIpc) is 2.28. The van der Waals surface area contributed by atoms with Crippen LogP contribution in [-0.4, -0.2) is 18.6 Å². The summed E-state index contributed by atoms with van der Waals surface area (Å²) >= 11 is 0. The smallest absolute Gasteiger partial charge is 0.313 e. The minimum Gasteiger partial charge on any atom is -0.490 e. The first-order chi connectivity index (χ1) is 8.61. The molecule has 0 unspecified atom stereocenters. The van der Waals surface area contributed by atoms with E-state index in [1.54, 1.807) is 0 Å². The summed E-state index contributed by atoms with van der Waals surface area (Å²) in [6, 6.07) is 2.23. The molecule has 98 valence electrons. The van der Waals surface area contributed by atoms with Gasteiger partial charge in [0.05, 0.1) is 23.8 Å². The Morgan fingerprint density at radius 2 is 2.28 bits per heavy atom. The van der Waals surface area contributed by atoms with Gasteiger partial charge in [-0.15, -0.1) is 0 Å². The van der Waals surface area contributed by atoms with Crippen LogP contribution >= 0.6 is 0 Å². The highest BCUT2D eigenvalue weighted by molar-refractivity contribution is 5.59. The van der Waals surface area contributed by atoms with Crippen LogP contribution in [0.1, 0.15) is 19.3 Å². The monoisotopic (exact) mass is 254 g/mol. The van der Waals surface area contributed by atoms with Gasteiger partial charge in [0.1, 0.15) is 0 Å². The quantitative estimate of drug-likeness (QED) is 0.648. The predicted molar refractivity (Wildman–Crippen MR) is 65.4 cm³/mol. The molecule has 0 aromatic heterocycles. The first-order valence-corrected chi connectivity index (χ1v) is 5.87. The van der Waals surface area contributed by atoms with Crippen molar-refractivity contribution >= 4 is 11.4 Å². The molecule has 1 aromatic carbocycles. The van der Waals surface area contributed by atoms with Crippen molar-refractivity contribution in [1.29, 1.82) is 0 Å². The lowest BCUT2D eigenvalue weighted by molar-refractivity contribution is -0.385. The first-order valence-electron chi connectivity index (χ1n) is 5.87. The minimum absolute atomic E-state index is 0.0671. The number of benzene rings is 1. The Morgan fingerprint density at radius 1 is 1.56 bits per heavy atom. The number of rotatable bonds is 5. The standard InChI is InChI=1S/C12H15FN2O3/c1-18-12-6-10(14-7-8-3-2-4-8)9(13)5-11(12)15(16)17/h5-6,8,14H,2-4,7H2,1H3. The molecule has 1 saturated carbocycles. The molecule has 0 heterocycles. The maximum Gasteiger partial charge on any atom is 0.313 e. The number of anilines is 1. The van der Waals surface area contributed by atoms with Gasteiger partial charge in [-0.3, -0.25) is 10.1 Å². The molecule has 0 spiro atoms. The maximum atomic E-state index is 13.7. The van der Waals surface area contributed by atoms with Gasteiger partial charge in [-0.05, 0) is 18.8 Å². The van der Waals surface area contributed by atoms with E-state index < -0.39 is 10.7 Å². The molecule has 0 aliphatic heterocycles. The molecule has 5 nitrogen and oxygen atoms in total. The third kappa shape index (κ3) is 2.52. The van der Waals surface area contributed by atoms with Crippen molar-refractivity contribution in [3.63, 3.8) is 0 Å². The van der Waals surface area contributed by atoms with Crippen molar-refractivity contribution in [2.75, 3.05) is 19.0 Å². The number of hydrogen-bond acceptors (Lipinski definition) is 4. The molecule has 1 N–H and O–H groups in total. The SMILES string of the molecule is COc1cc(NCC2CCC2)c(F)cc1[N+](=O)[O-]. The fraction of sp³-hybridized carbons (Fsp3) is 0.500. The van der Waals surface area contributed by atoms with Gasteiger partial charge in [0.2, 0.25) is 0 Å². The van der Waals surface area contributed by atoms with Crippen LogP contribution in [0.3, 0.4) is 0 Å². The van der Waals surface area contributed by atoms with Gasteiger partial charge in [-0.1, -0.05) is 6.42 Å². The molecule has 18 heavy (non-hydrogen) atoms. The van der Waals surface area contributed by atoms with E-state index in [2.05, 4.69) is 5.32 Å². The van der Waals surface area contributed by atoms with E-state index in [1.807, 2.05) is 0 Å². The topological polar surface area (TPSA) is 64.4 Å². The second-order valence-electron chi connectivity index (χ2n) is 4.44. The van der Waals surface area contributed by atoms with Crippen LogP contribution in [0.2, 0.25) is 0 Å². The lowest BCUT2D eigenvalue weighted by atomic mass is 9.85. The number of nitro groups is 1. The molecule has 0 saturated heterocycles. The molecule has 1 aliphatic carbocycles. The lowest BCUT2D eigenvalue weighted by Crippen LogP contribution is -2.21. The minimum atomic E-state index is -0.655. The maximum absolute atomic E-state index is 13.7. The molecule has 1 aliphatic rings. The van der Waals surface area contributed by atoms with Gasteiger partial charge >= 0.3 is 5.69 Å². The van der Waals surface area contributed by atoms with E-state index in [0.29, 0.717) is 12.5 Å². The number of nitrogens with one attached hydrogen (secondary N) is 1. The number of methoxy groups -OCH3 is 1. The van der Waals surface area contributed by atoms with Crippen LogP contribution in [0.25, 0.3) is 0 Å². The van der Waals surface area contributed by atoms with E-state index in [0.717, 1.165) is 18.9 Å². The highest BCUT2D eigenvalue weighted by atomic mass is 19.1. The van der Waals surface area contributed by atoms with Gasteiger partial charge < -0.3 is 10.1 Å². The Kier molecular flexibility index (Phi) is 3.64. The van der Waals surface area contributed by atoms with E-state index in [4.69, 9.17) is 4.74 Å². The zero-order chi connectivity index (χ0) is 13.1. The molecule has 0 bridgehead atoms. The highest BCUT2D eigenvalue weighted by Gasteiger charge is 2.21. The number of hydrogen-bond donors (Lipinski definition) is 1. The Bertz CT molecular complexity index is 461. The zero-order valence-corrected chi connectivity index (χ0v) is 10.1. The summed E-state index contributed by atoms with van der Waals surface area (Å²) in [5, 5.41) is 13.7. The second-order valence-corrected chi connectivity index (χ2v) is 4.44. The summed E-state index contributed by atoms with van der Waals surface area (Å²) in [6.07, 6.45) is 3.52. The third-order valence-electron chi connectivity index (χ3n) is 3.27. The van der Waals surface area contributed by atoms with Crippen LogP contribution in [0, 0.1) is 21.8 Å². The van der Waals surface area contributed by atoms with Crippen molar-refractivity contribution in [2.24, 2.45) is 5.92 Å². The summed E-state index contributed by atoms with van der Waals surface area (Å²) in [5.74, 6) is 0.0184. The molecule has 0 atom stereocenters. The molecule has 2 rings (SSSR count). The fourth-order valence-electron chi connectivity index (χ4n) is 1.94. The number of halogens is 1. The molecular formula is C12H15FN2O3. The normalized spacial score (nSPS) is 15.0. The first kappa shape index (κ1) is 12.6. The average molecular weight is 254 g/mol. The van der Waals surface area contributed by atoms with E-state index in [-0.39, 0.29) is 17.1 Å². The van der Waals surface area contributed by atoms with Gasteiger partial charge in [0, 0.05) is 12.6 Å². The third-order valence-corrected chi connectivity index (χ3v) is 3.27. The Balaban J connectivity index is 2.16. The van der Waals surface area contributed by atoms with Crippen LogP contribution in [-0.2, 0) is 0 Å².